The maximum atomic E-state index is 12.5. The third kappa shape index (κ3) is 8.06. The van der Waals surface area contributed by atoms with Gasteiger partial charge in [-0.05, 0) is 77.3 Å². The second-order valence-corrected chi connectivity index (χ2v) is 10.9. The van der Waals surface area contributed by atoms with Crippen molar-refractivity contribution in [1.29, 1.82) is 0 Å². The molecule has 1 N–H and O–H groups in total. The van der Waals surface area contributed by atoms with Gasteiger partial charge in [-0.15, -0.1) is 0 Å². The first-order valence-electron chi connectivity index (χ1n) is 13.4. The predicted octanol–water partition coefficient (Wildman–Crippen LogP) is 4.14. The Morgan fingerprint density at radius 2 is 1.66 bits per heavy atom. The summed E-state index contributed by atoms with van der Waals surface area (Å²) in [6, 6.07) is 4.52. The molecule has 2 aliphatic heterocycles. The van der Waals surface area contributed by atoms with E-state index in [1.54, 1.807) is 24.0 Å². The number of hydrogen-bond acceptors (Lipinski definition) is 8. The van der Waals surface area contributed by atoms with Gasteiger partial charge < -0.3 is 24.6 Å². The molecule has 11 heteroatoms. The first-order valence-corrected chi connectivity index (χ1v) is 13.4. The van der Waals surface area contributed by atoms with Gasteiger partial charge in [0, 0.05) is 44.4 Å². The van der Waals surface area contributed by atoms with Crippen LogP contribution in [-0.4, -0.2) is 72.7 Å². The summed E-state index contributed by atoms with van der Waals surface area (Å²) in [5.74, 6) is 0.147. The highest BCUT2D eigenvalue weighted by Gasteiger charge is 2.33. The number of nitro benzene ring substituents is 1. The average molecular weight is 533 g/mol. The van der Waals surface area contributed by atoms with Crippen molar-refractivity contribution in [2.24, 2.45) is 11.8 Å². The van der Waals surface area contributed by atoms with E-state index in [4.69, 9.17) is 9.47 Å². The van der Waals surface area contributed by atoms with E-state index in [0.29, 0.717) is 43.7 Å². The van der Waals surface area contributed by atoms with Crippen molar-refractivity contribution in [3.05, 3.63) is 33.9 Å². The number of benzene rings is 1. The molecule has 11 nitrogen and oxygen atoms in total. The molecule has 2 amide bonds. The van der Waals surface area contributed by atoms with Gasteiger partial charge in [-0.3, -0.25) is 19.7 Å². The zero-order valence-corrected chi connectivity index (χ0v) is 22.9. The minimum absolute atomic E-state index is 0.0364. The van der Waals surface area contributed by atoms with Crippen LogP contribution >= 0.6 is 0 Å². The molecule has 210 valence electrons. The summed E-state index contributed by atoms with van der Waals surface area (Å²) in [5, 5.41) is 14.5. The fourth-order valence-electron chi connectivity index (χ4n) is 5.18. The maximum absolute atomic E-state index is 12.5. The number of rotatable bonds is 8. The van der Waals surface area contributed by atoms with E-state index < -0.39 is 22.4 Å². The van der Waals surface area contributed by atoms with Gasteiger partial charge in [0.05, 0.1) is 18.0 Å². The number of piperidine rings is 2. The molecule has 1 aromatic carbocycles. The highest BCUT2D eigenvalue weighted by molar-refractivity contribution is 5.96. The number of esters is 1. The van der Waals surface area contributed by atoms with Crippen molar-refractivity contribution in [3.8, 4) is 0 Å². The molecule has 1 aromatic rings. The predicted molar refractivity (Wildman–Crippen MR) is 142 cm³/mol. The van der Waals surface area contributed by atoms with Crippen molar-refractivity contribution in [2.45, 2.75) is 65.4 Å². The van der Waals surface area contributed by atoms with Crippen molar-refractivity contribution in [3.63, 3.8) is 0 Å². The Morgan fingerprint density at radius 1 is 1.05 bits per heavy atom. The van der Waals surface area contributed by atoms with Crippen LogP contribution in [0.5, 0.6) is 0 Å². The Labute approximate surface area is 224 Å². The monoisotopic (exact) mass is 532 g/mol. The first-order chi connectivity index (χ1) is 18.0. The number of hydrogen-bond donors (Lipinski definition) is 1. The summed E-state index contributed by atoms with van der Waals surface area (Å²) >= 11 is 0. The number of carbonyl (C=O) groups is 3. The lowest BCUT2D eigenvalue weighted by Crippen LogP contribution is -2.44. The van der Waals surface area contributed by atoms with Crippen LogP contribution in [0, 0.1) is 22.0 Å². The molecule has 0 saturated carbocycles. The minimum atomic E-state index is -0.504. The molecule has 2 aliphatic rings. The number of ether oxygens (including phenoxy) is 2. The van der Waals surface area contributed by atoms with Crippen molar-refractivity contribution >= 4 is 29.3 Å². The summed E-state index contributed by atoms with van der Waals surface area (Å²) in [4.78, 5) is 51.5. The minimum Gasteiger partial charge on any atom is -0.466 e. The third-order valence-electron chi connectivity index (χ3n) is 7.09. The van der Waals surface area contributed by atoms with Crippen LogP contribution in [0.3, 0.4) is 0 Å². The molecule has 0 radical (unpaired) electrons. The molecule has 0 unspecified atom stereocenters. The van der Waals surface area contributed by atoms with Crippen LogP contribution in [0.4, 0.5) is 16.2 Å². The molecule has 2 fully saturated rings. The van der Waals surface area contributed by atoms with E-state index in [1.165, 1.54) is 6.07 Å². The number of nitrogens with one attached hydrogen (secondary N) is 1. The van der Waals surface area contributed by atoms with Crippen LogP contribution in [-0.2, 0) is 14.3 Å². The van der Waals surface area contributed by atoms with Crippen LogP contribution < -0.4 is 10.2 Å². The van der Waals surface area contributed by atoms with Crippen LogP contribution in [0.15, 0.2) is 18.2 Å². The summed E-state index contributed by atoms with van der Waals surface area (Å²) in [6.07, 6.45) is 3.49. The molecule has 0 spiro atoms. The second-order valence-electron chi connectivity index (χ2n) is 10.9. The number of nitro groups is 1. The van der Waals surface area contributed by atoms with E-state index in [0.717, 1.165) is 25.7 Å². The summed E-state index contributed by atoms with van der Waals surface area (Å²) in [7, 11) is 0. The van der Waals surface area contributed by atoms with Crippen LogP contribution in [0.25, 0.3) is 0 Å². The van der Waals surface area contributed by atoms with Crippen LogP contribution in [0.1, 0.15) is 70.2 Å². The van der Waals surface area contributed by atoms with Gasteiger partial charge in [-0.25, -0.2) is 4.79 Å². The lowest BCUT2D eigenvalue weighted by molar-refractivity contribution is -0.384. The van der Waals surface area contributed by atoms with Gasteiger partial charge in [0.1, 0.15) is 11.3 Å². The van der Waals surface area contributed by atoms with Gasteiger partial charge in [0.25, 0.3) is 11.6 Å². The van der Waals surface area contributed by atoms with Crippen LogP contribution in [0.2, 0.25) is 0 Å². The van der Waals surface area contributed by atoms with Gasteiger partial charge in [0.2, 0.25) is 0 Å². The lowest BCUT2D eigenvalue weighted by atomic mass is 9.78. The standard InChI is InChI=1S/C27H40N4O7/c1-5-37-24(32)8-13-28-25(33)21-6-7-22(23(18-21)31(35)36)29-14-9-19(10-15-29)20-11-16-30(17-12-20)26(34)38-27(2,3)4/h6-7,18-20H,5,8-17H2,1-4H3,(H,28,33). The summed E-state index contributed by atoms with van der Waals surface area (Å²) in [6.45, 7) is 10.4. The summed E-state index contributed by atoms with van der Waals surface area (Å²) in [5.41, 5.74) is 0.0783. The number of nitrogens with zero attached hydrogens (tertiary/aromatic N) is 3. The molecule has 3 rings (SSSR count). The van der Waals surface area contributed by atoms with E-state index in [1.807, 2.05) is 25.7 Å². The van der Waals surface area contributed by atoms with Gasteiger partial charge >= 0.3 is 12.1 Å². The molecular weight excluding hydrogens is 492 g/mol. The fourth-order valence-corrected chi connectivity index (χ4v) is 5.18. The second kappa shape index (κ2) is 12.9. The quantitative estimate of drug-likeness (QED) is 0.300. The first kappa shape index (κ1) is 29.2. The number of carbonyl (C=O) groups excluding carboxylic acids is 3. The van der Waals surface area contributed by atoms with Crippen molar-refractivity contribution < 1.29 is 28.8 Å². The highest BCUT2D eigenvalue weighted by atomic mass is 16.6. The Kier molecular flexibility index (Phi) is 9.93. The van der Waals surface area contributed by atoms with E-state index in [2.05, 4.69) is 5.32 Å². The van der Waals surface area contributed by atoms with Gasteiger partial charge in [0.15, 0.2) is 0 Å². The number of likely N-dealkylation sites (tertiary alicyclic amines) is 1. The highest BCUT2D eigenvalue weighted by Crippen LogP contribution is 2.37. The Morgan fingerprint density at radius 3 is 2.21 bits per heavy atom. The molecule has 0 aliphatic carbocycles. The van der Waals surface area contributed by atoms with E-state index >= 15 is 0 Å². The number of anilines is 1. The average Bonchev–Trinajstić information content (AvgIpc) is 2.87. The van der Waals surface area contributed by atoms with Gasteiger partial charge in [-0.1, -0.05) is 0 Å². The lowest BCUT2D eigenvalue weighted by Gasteiger charge is -2.40. The molecule has 0 atom stereocenters. The smallest absolute Gasteiger partial charge is 0.410 e. The number of amides is 2. The fraction of sp³-hybridized carbons (Fsp3) is 0.667. The Balaban J connectivity index is 1.53. The zero-order valence-electron chi connectivity index (χ0n) is 22.9. The van der Waals surface area contributed by atoms with E-state index in [-0.39, 0.29) is 36.9 Å². The Hall–Kier alpha value is -3.37. The topological polar surface area (TPSA) is 131 Å². The third-order valence-corrected chi connectivity index (χ3v) is 7.09. The molecular formula is C27H40N4O7. The summed E-state index contributed by atoms with van der Waals surface area (Å²) < 4.78 is 10.3. The maximum Gasteiger partial charge on any atom is 0.410 e. The SMILES string of the molecule is CCOC(=O)CCNC(=O)c1ccc(N2CCC(C3CCN(C(=O)OC(C)(C)C)CC3)CC2)c([N+](=O)[O-])c1. The Bertz CT molecular complexity index is 1010. The normalized spacial score (nSPS) is 17.2. The molecule has 38 heavy (non-hydrogen) atoms. The van der Waals surface area contributed by atoms with E-state index in [9.17, 15) is 24.5 Å². The van der Waals surface area contributed by atoms with Gasteiger partial charge in [-0.2, -0.15) is 0 Å². The largest absolute Gasteiger partial charge is 0.466 e. The zero-order chi connectivity index (χ0) is 27.9. The van der Waals surface area contributed by atoms with Crippen molar-refractivity contribution in [2.75, 3.05) is 44.2 Å². The molecule has 2 heterocycles. The van der Waals surface area contributed by atoms with Crippen molar-refractivity contribution in [1.82, 2.24) is 10.2 Å². The molecule has 0 bridgehead atoms. The molecule has 2 saturated heterocycles. The molecule has 0 aromatic heterocycles.